The number of halogens is 3. The fourth-order valence-corrected chi connectivity index (χ4v) is 2.57. The molecular formula is C18H15F3O4. The first-order valence-corrected chi connectivity index (χ1v) is 7.62. The van der Waals surface area contributed by atoms with E-state index in [1.807, 2.05) is 0 Å². The smallest absolute Gasteiger partial charge is 0.416 e. The highest BCUT2D eigenvalue weighted by molar-refractivity contribution is 5.96. The lowest BCUT2D eigenvalue weighted by Crippen LogP contribution is -2.08. The zero-order chi connectivity index (χ0) is 18.0. The quantitative estimate of drug-likeness (QED) is 0.822. The number of carbonyl (C=O) groups excluding carboxylic acids is 1. The predicted molar refractivity (Wildman–Crippen MR) is 82.5 cm³/mol. The lowest BCUT2D eigenvalue weighted by Gasteiger charge is -2.12. The van der Waals surface area contributed by atoms with Gasteiger partial charge in [-0.2, -0.15) is 13.2 Å². The van der Waals surface area contributed by atoms with E-state index >= 15 is 0 Å². The van der Waals surface area contributed by atoms with Crippen molar-refractivity contribution < 1.29 is 32.5 Å². The summed E-state index contributed by atoms with van der Waals surface area (Å²) >= 11 is 0. The maximum Gasteiger partial charge on any atom is 0.416 e. The summed E-state index contributed by atoms with van der Waals surface area (Å²) in [5.74, 6) is 0.641. The Hall–Kier alpha value is -2.54. The molecule has 25 heavy (non-hydrogen) atoms. The minimum atomic E-state index is -4.50. The van der Waals surface area contributed by atoms with Gasteiger partial charge in [-0.05, 0) is 36.2 Å². The SMILES string of the molecule is O=C(CCC(O)c1ccc2c(c1)OCO2)c1cccc(C(F)(F)F)c1. The largest absolute Gasteiger partial charge is 0.454 e. The van der Waals surface area contributed by atoms with Gasteiger partial charge in [0, 0.05) is 12.0 Å². The standard InChI is InChI=1S/C18H15F3O4/c19-18(20,21)13-3-1-2-11(8-13)14(22)5-6-15(23)12-4-7-16-17(9-12)25-10-24-16/h1-4,7-9,15,23H,5-6,10H2. The van der Waals surface area contributed by atoms with E-state index in [-0.39, 0.29) is 25.2 Å². The van der Waals surface area contributed by atoms with Crippen molar-refractivity contribution in [3.8, 4) is 11.5 Å². The van der Waals surface area contributed by atoms with Crippen LogP contribution in [0.2, 0.25) is 0 Å². The molecule has 132 valence electrons. The van der Waals surface area contributed by atoms with Gasteiger partial charge in [-0.1, -0.05) is 18.2 Å². The molecule has 0 aromatic heterocycles. The van der Waals surface area contributed by atoms with E-state index in [1.165, 1.54) is 12.1 Å². The molecule has 0 bridgehead atoms. The van der Waals surface area contributed by atoms with Gasteiger partial charge in [-0.15, -0.1) is 0 Å². The Morgan fingerprint density at radius 2 is 1.88 bits per heavy atom. The summed E-state index contributed by atoms with van der Waals surface area (Å²) in [6.45, 7) is 0.114. The van der Waals surface area contributed by atoms with Crippen molar-refractivity contribution in [1.82, 2.24) is 0 Å². The highest BCUT2D eigenvalue weighted by Gasteiger charge is 2.30. The monoisotopic (exact) mass is 352 g/mol. The molecule has 1 atom stereocenters. The van der Waals surface area contributed by atoms with Crippen LogP contribution < -0.4 is 9.47 Å². The number of alkyl halides is 3. The van der Waals surface area contributed by atoms with Crippen molar-refractivity contribution in [1.29, 1.82) is 0 Å². The van der Waals surface area contributed by atoms with Crippen LogP contribution in [0.3, 0.4) is 0 Å². The number of aliphatic hydroxyl groups is 1. The molecule has 1 aliphatic heterocycles. The van der Waals surface area contributed by atoms with Gasteiger partial charge in [0.25, 0.3) is 0 Å². The number of ether oxygens (including phenoxy) is 2. The third-order valence-electron chi connectivity index (χ3n) is 3.94. The molecule has 0 spiro atoms. The lowest BCUT2D eigenvalue weighted by atomic mass is 9.99. The highest BCUT2D eigenvalue weighted by Crippen LogP contribution is 2.35. The second-order valence-corrected chi connectivity index (χ2v) is 5.67. The molecule has 1 heterocycles. The summed E-state index contributed by atoms with van der Waals surface area (Å²) in [5.41, 5.74) is -0.330. The Labute approximate surface area is 141 Å². The summed E-state index contributed by atoms with van der Waals surface area (Å²) in [7, 11) is 0. The molecule has 2 aromatic carbocycles. The molecular weight excluding hydrogens is 337 g/mol. The van der Waals surface area contributed by atoms with E-state index in [1.54, 1.807) is 18.2 Å². The van der Waals surface area contributed by atoms with E-state index in [0.717, 1.165) is 12.1 Å². The first kappa shape index (κ1) is 17.3. The van der Waals surface area contributed by atoms with Gasteiger partial charge in [0.15, 0.2) is 17.3 Å². The van der Waals surface area contributed by atoms with Crippen molar-refractivity contribution in [3.05, 3.63) is 59.2 Å². The highest BCUT2D eigenvalue weighted by atomic mass is 19.4. The second-order valence-electron chi connectivity index (χ2n) is 5.67. The lowest BCUT2D eigenvalue weighted by molar-refractivity contribution is -0.137. The summed E-state index contributed by atoms with van der Waals surface area (Å²) in [6.07, 6.45) is -5.40. The Kier molecular flexibility index (Phi) is 4.67. The Balaban J connectivity index is 1.64. The normalized spacial score (nSPS) is 14.4. The first-order valence-electron chi connectivity index (χ1n) is 7.62. The Bertz CT molecular complexity index is 786. The van der Waals surface area contributed by atoms with Gasteiger partial charge in [0.1, 0.15) is 0 Å². The van der Waals surface area contributed by atoms with Crippen molar-refractivity contribution in [2.45, 2.75) is 25.1 Å². The van der Waals surface area contributed by atoms with Crippen LogP contribution in [0.15, 0.2) is 42.5 Å². The van der Waals surface area contributed by atoms with Gasteiger partial charge in [0.2, 0.25) is 6.79 Å². The molecule has 1 unspecified atom stereocenters. The number of hydrogen-bond donors (Lipinski definition) is 1. The van der Waals surface area contributed by atoms with Crippen LogP contribution in [0, 0.1) is 0 Å². The number of fused-ring (bicyclic) bond motifs is 1. The predicted octanol–water partition coefficient (Wildman–Crippen LogP) is 4.13. The van der Waals surface area contributed by atoms with Crippen LogP contribution in [0.5, 0.6) is 11.5 Å². The van der Waals surface area contributed by atoms with Crippen LogP contribution in [0.25, 0.3) is 0 Å². The zero-order valence-electron chi connectivity index (χ0n) is 13.0. The Morgan fingerprint density at radius 3 is 2.64 bits per heavy atom. The average Bonchev–Trinajstić information content (AvgIpc) is 3.06. The minimum absolute atomic E-state index is 0.0206. The fraction of sp³-hybridized carbons (Fsp3) is 0.278. The second kappa shape index (κ2) is 6.76. The van der Waals surface area contributed by atoms with E-state index in [4.69, 9.17) is 9.47 Å². The van der Waals surface area contributed by atoms with Crippen molar-refractivity contribution in [2.24, 2.45) is 0 Å². The van der Waals surface area contributed by atoms with Crippen molar-refractivity contribution in [3.63, 3.8) is 0 Å². The van der Waals surface area contributed by atoms with E-state index in [9.17, 15) is 23.1 Å². The van der Waals surface area contributed by atoms with Gasteiger partial charge < -0.3 is 14.6 Å². The van der Waals surface area contributed by atoms with Gasteiger partial charge in [-0.25, -0.2) is 0 Å². The zero-order valence-corrected chi connectivity index (χ0v) is 13.0. The molecule has 7 heteroatoms. The summed E-state index contributed by atoms with van der Waals surface area (Å²) in [6, 6.07) is 9.23. The molecule has 1 aliphatic rings. The van der Waals surface area contributed by atoms with Gasteiger partial charge in [-0.3, -0.25) is 4.79 Å². The van der Waals surface area contributed by atoms with E-state index in [0.29, 0.717) is 17.1 Å². The van der Waals surface area contributed by atoms with Crippen molar-refractivity contribution in [2.75, 3.05) is 6.79 Å². The number of Topliss-reactive ketones (excluding diaryl/α,β-unsaturated/α-hetero) is 1. The number of benzene rings is 2. The molecule has 0 saturated heterocycles. The van der Waals surface area contributed by atoms with E-state index in [2.05, 4.69) is 0 Å². The van der Waals surface area contributed by atoms with Gasteiger partial charge in [0.05, 0.1) is 11.7 Å². The van der Waals surface area contributed by atoms with Crippen LogP contribution in [-0.2, 0) is 6.18 Å². The summed E-state index contributed by atoms with van der Waals surface area (Å²) < 4.78 is 48.5. The summed E-state index contributed by atoms with van der Waals surface area (Å²) in [5, 5.41) is 10.2. The number of hydrogen-bond acceptors (Lipinski definition) is 4. The Morgan fingerprint density at radius 1 is 1.12 bits per heavy atom. The molecule has 3 rings (SSSR count). The van der Waals surface area contributed by atoms with Crippen LogP contribution >= 0.6 is 0 Å². The van der Waals surface area contributed by atoms with E-state index < -0.39 is 23.6 Å². The number of rotatable bonds is 5. The molecule has 0 fully saturated rings. The van der Waals surface area contributed by atoms with Gasteiger partial charge >= 0.3 is 6.18 Å². The molecule has 0 amide bonds. The third kappa shape index (κ3) is 3.93. The molecule has 0 aliphatic carbocycles. The van der Waals surface area contributed by atoms with Crippen molar-refractivity contribution >= 4 is 5.78 Å². The maximum atomic E-state index is 12.7. The third-order valence-corrected chi connectivity index (χ3v) is 3.94. The number of carbonyl (C=O) groups is 1. The first-order chi connectivity index (χ1) is 11.8. The molecule has 0 radical (unpaired) electrons. The molecule has 1 N–H and O–H groups in total. The average molecular weight is 352 g/mol. The number of aliphatic hydroxyl groups excluding tert-OH is 1. The molecule has 4 nitrogen and oxygen atoms in total. The number of ketones is 1. The molecule has 2 aromatic rings. The minimum Gasteiger partial charge on any atom is -0.454 e. The summed E-state index contributed by atoms with van der Waals surface area (Å²) in [4.78, 5) is 12.1. The maximum absolute atomic E-state index is 12.7. The van der Waals surface area contributed by atoms with Crippen LogP contribution in [-0.4, -0.2) is 17.7 Å². The fourth-order valence-electron chi connectivity index (χ4n) is 2.57. The van der Waals surface area contributed by atoms with Crippen LogP contribution in [0.4, 0.5) is 13.2 Å². The molecule has 0 saturated carbocycles. The van der Waals surface area contributed by atoms with Crippen LogP contribution in [0.1, 0.15) is 40.4 Å². The topological polar surface area (TPSA) is 55.8 Å².